The zero-order chi connectivity index (χ0) is 44.8. The van der Waals surface area contributed by atoms with Gasteiger partial charge in [0.15, 0.2) is 11.6 Å². The number of benzene rings is 8. The van der Waals surface area contributed by atoms with E-state index in [1.54, 1.807) is 4.57 Å². The fraction of sp³-hybridized carbons (Fsp3) is 0. The molecule has 56 heavy (non-hydrogen) atoms. The highest BCUT2D eigenvalue weighted by atomic mass is 15.2. The number of hydrogen-bond donors (Lipinski definition) is 0. The maximum absolute atomic E-state index is 9.67. The zero-order valence-electron chi connectivity index (χ0n) is 38.6. The molecule has 0 atom stereocenters. The Morgan fingerprint density at radius 2 is 0.946 bits per heavy atom. The molecular weight excluding hydrogens is 683 g/mol. The smallest absolute Gasteiger partial charge is 0.238 e. The minimum Gasteiger partial charge on any atom is -0.309 e. The first-order valence-corrected chi connectivity index (χ1v) is 18.1. The van der Waals surface area contributed by atoms with Crippen LogP contribution in [0.3, 0.4) is 0 Å². The van der Waals surface area contributed by atoms with Gasteiger partial charge in [-0.1, -0.05) is 170 Å². The van der Waals surface area contributed by atoms with Crippen molar-refractivity contribution in [3.8, 4) is 56.7 Å². The SMILES string of the molecule is [2H]c1c([2H])c([2H])c(-c2c([2H])c([2H])c([2H])c(-n3c4ccccc4c4c3ccc3c5ccccc5n(-c5nc(-c6ccccc6)nc(-c6ccc(-c7ccccc7)cc6)n5)c34)c2[2H])c([2H])c1[2H]. The quantitative estimate of drug-likeness (QED) is 0.172. The maximum atomic E-state index is 9.67. The van der Waals surface area contributed by atoms with Crippen LogP contribution >= 0.6 is 0 Å². The lowest BCUT2D eigenvalue weighted by atomic mass is 10.0. The van der Waals surface area contributed by atoms with Crippen molar-refractivity contribution in [2.45, 2.75) is 0 Å². The molecule has 0 unspecified atom stereocenters. The van der Waals surface area contributed by atoms with Crippen LogP contribution in [0.5, 0.6) is 0 Å². The summed E-state index contributed by atoms with van der Waals surface area (Å²) in [5, 5.41) is 3.28. The number of aromatic nitrogens is 5. The minimum atomic E-state index is -0.629. The van der Waals surface area contributed by atoms with Crippen LogP contribution in [0.1, 0.15) is 12.3 Å². The van der Waals surface area contributed by atoms with E-state index >= 15 is 0 Å². The molecule has 0 aliphatic rings. The summed E-state index contributed by atoms with van der Waals surface area (Å²) in [5.74, 6) is 1.29. The second kappa shape index (κ2) is 13.0. The topological polar surface area (TPSA) is 48.5 Å². The van der Waals surface area contributed by atoms with Gasteiger partial charge in [0.05, 0.1) is 34.4 Å². The Morgan fingerprint density at radius 1 is 0.375 bits per heavy atom. The summed E-state index contributed by atoms with van der Waals surface area (Å²) in [6.45, 7) is 0. The Kier molecular flexibility index (Phi) is 5.57. The molecule has 0 saturated carbocycles. The molecular formula is C51H33N5. The normalized spacial score (nSPS) is 13.8. The van der Waals surface area contributed by atoms with Gasteiger partial charge in [-0.25, -0.2) is 4.98 Å². The summed E-state index contributed by atoms with van der Waals surface area (Å²) >= 11 is 0. The van der Waals surface area contributed by atoms with Gasteiger partial charge in [-0.05, 0) is 52.5 Å². The molecule has 3 aromatic heterocycles. The van der Waals surface area contributed by atoms with Crippen LogP contribution < -0.4 is 0 Å². The predicted octanol–water partition coefficient (Wildman–Crippen LogP) is 12.7. The fourth-order valence-corrected chi connectivity index (χ4v) is 7.66. The highest BCUT2D eigenvalue weighted by Crippen LogP contribution is 2.42. The van der Waals surface area contributed by atoms with Gasteiger partial charge in [-0.3, -0.25) is 4.57 Å². The maximum Gasteiger partial charge on any atom is 0.238 e. The number of hydrogen-bond acceptors (Lipinski definition) is 3. The van der Waals surface area contributed by atoms with Crippen molar-refractivity contribution >= 4 is 43.6 Å². The van der Waals surface area contributed by atoms with Gasteiger partial charge in [-0.2, -0.15) is 9.97 Å². The molecule has 0 N–H and O–H groups in total. The van der Waals surface area contributed by atoms with Gasteiger partial charge >= 0.3 is 0 Å². The van der Waals surface area contributed by atoms with Crippen LogP contribution in [-0.2, 0) is 0 Å². The van der Waals surface area contributed by atoms with Gasteiger partial charge in [0, 0.05) is 38.4 Å². The molecule has 0 bridgehead atoms. The Balaban J connectivity index is 1.23. The Hall–Kier alpha value is -7.63. The van der Waals surface area contributed by atoms with Crippen molar-refractivity contribution < 1.29 is 12.3 Å². The lowest BCUT2D eigenvalue weighted by Gasteiger charge is -2.12. The van der Waals surface area contributed by atoms with E-state index in [1.165, 1.54) is 0 Å². The van der Waals surface area contributed by atoms with Crippen LogP contribution in [0.15, 0.2) is 200 Å². The molecule has 0 amide bonds. The number of nitrogens with zero attached hydrogens (tertiary/aromatic N) is 5. The molecule has 5 heteroatoms. The summed E-state index contributed by atoms with van der Waals surface area (Å²) in [4.78, 5) is 15.4. The lowest BCUT2D eigenvalue weighted by Crippen LogP contribution is -2.06. The van der Waals surface area contributed by atoms with Crippen LogP contribution in [0, 0.1) is 0 Å². The molecule has 8 aromatic carbocycles. The lowest BCUT2D eigenvalue weighted by molar-refractivity contribution is 0.955. The molecule has 5 nitrogen and oxygen atoms in total. The highest BCUT2D eigenvalue weighted by Gasteiger charge is 2.23. The second-order valence-corrected chi connectivity index (χ2v) is 13.4. The molecule has 0 saturated heterocycles. The van der Waals surface area contributed by atoms with E-state index in [-0.39, 0.29) is 16.8 Å². The molecule has 0 aliphatic heterocycles. The molecule has 0 spiro atoms. The van der Waals surface area contributed by atoms with Gasteiger partial charge in [0.1, 0.15) is 0 Å². The van der Waals surface area contributed by atoms with Crippen molar-refractivity contribution in [3.63, 3.8) is 0 Å². The highest BCUT2D eigenvalue weighted by molar-refractivity contribution is 6.26. The van der Waals surface area contributed by atoms with Crippen molar-refractivity contribution in [2.75, 3.05) is 0 Å². The summed E-state index contributed by atoms with van der Waals surface area (Å²) in [5.41, 5.74) is 5.64. The summed E-state index contributed by atoms with van der Waals surface area (Å²) in [7, 11) is 0. The largest absolute Gasteiger partial charge is 0.309 e. The van der Waals surface area contributed by atoms with Crippen LogP contribution in [-0.4, -0.2) is 24.1 Å². The van der Waals surface area contributed by atoms with Crippen molar-refractivity contribution in [1.82, 2.24) is 24.1 Å². The first-order valence-electron chi connectivity index (χ1n) is 22.6. The summed E-state index contributed by atoms with van der Waals surface area (Å²) < 4.78 is 83.1. The van der Waals surface area contributed by atoms with Gasteiger partial charge in [0.2, 0.25) is 5.95 Å². The average molecular weight is 725 g/mol. The fourth-order valence-electron chi connectivity index (χ4n) is 7.66. The third kappa shape index (κ3) is 5.21. The number of para-hydroxylation sites is 2. The van der Waals surface area contributed by atoms with Gasteiger partial charge in [0.25, 0.3) is 0 Å². The minimum absolute atomic E-state index is 0.0752. The Labute approximate surface area is 336 Å². The second-order valence-electron chi connectivity index (χ2n) is 13.4. The molecule has 11 aromatic rings. The van der Waals surface area contributed by atoms with E-state index < -0.39 is 54.4 Å². The van der Waals surface area contributed by atoms with E-state index in [9.17, 15) is 2.74 Å². The first kappa shape index (κ1) is 23.9. The predicted molar refractivity (Wildman–Crippen MR) is 230 cm³/mol. The van der Waals surface area contributed by atoms with E-state index in [1.807, 2.05) is 126 Å². The van der Waals surface area contributed by atoms with E-state index in [0.29, 0.717) is 28.6 Å². The molecule has 262 valence electrons. The molecule has 0 radical (unpaired) electrons. The van der Waals surface area contributed by atoms with Crippen LogP contribution in [0.2, 0.25) is 0 Å². The zero-order valence-corrected chi connectivity index (χ0v) is 29.6. The third-order valence-electron chi connectivity index (χ3n) is 10.2. The van der Waals surface area contributed by atoms with Crippen molar-refractivity contribution in [2.24, 2.45) is 0 Å². The van der Waals surface area contributed by atoms with E-state index in [0.717, 1.165) is 54.8 Å². The van der Waals surface area contributed by atoms with Gasteiger partial charge in [-0.15, -0.1) is 0 Å². The molecule has 11 rings (SSSR count). The molecule has 0 fully saturated rings. The molecule has 0 aliphatic carbocycles. The summed E-state index contributed by atoms with van der Waals surface area (Å²) in [6.07, 6.45) is 0. The average Bonchev–Trinajstić information content (AvgIpc) is 3.86. The van der Waals surface area contributed by atoms with E-state index in [2.05, 4.69) is 24.3 Å². The third-order valence-corrected chi connectivity index (χ3v) is 10.2. The van der Waals surface area contributed by atoms with Crippen molar-refractivity contribution in [3.05, 3.63) is 200 Å². The standard InChI is InChI=1S/C51H33N5/c1-4-15-34(16-5-1)36-27-29-38(30-28-36)50-52-49(37-19-8-3-9-20-37)53-51(54-50)56-44-25-12-10-23-41(44)42-31-32-46-47(48(42)56)43-24-11-13-26-45(43)55(46)40-22-14-21-39(33-40)35-17-6-2-7-18-35/h1-33H/i2D,6D,7D,14D,17D,18D,21D,22D,33D. The van der Waals surface area contributed by atoms with Crippen LogP contribution in [0.4, 0.5) is 0 Å². The number of fused-ring (bicyclic) bond motifs is 7. The van der Waals surface area contributed by atoms with E-state index in [4.69, 9.17) is 24.5 Å². The van der Waals surface area contributed by atoms with Gasteiger partial charge < -0.3 is 4.57 Å². The number of rotatable bonds is 6. The monoisotopic (exact) mass is 724 g/mol. The Bertz CT molecular complexity index is 3730. The van der Waals surface area contributed by atoms with Crippen molar-refractivity contribution in [1.29, 1.82) is 0 Å². The Morgan fingerprint density at radius 3 is 1.68 bits per heavy atom. The first-order chi connectivity index (χ1) is 31.5. The summed E-state index contributed by atoms with van der Waals surface area (Å²) in [6, 6.07) is 42.3. The van der Waals surface area contributed by atoms with Crippen LogP contribution in [0.25, 0.3) is 100 Å². The molecule has 3 heterocycles.